The first-order valence-corrected chi connectivity index (χ1v) is 15.4. The Labute approximate surface area is 261 Å². The van der Waals surface area contributed by atoms with E-state index in [9.17, 15) is 50.8 Å². The minimum atomic E-state index is -1.75. The molecule has 14 atom stereocenters. The van der Waals surface area contributed by atoms with Gasteiger partial charge in [-0.3, -0.25) is 4.79 Å². The molecule has 17 heteroatoms. The Kier molecular flexibility index (Phi) is 16.2. The molecule has 0 aromatic carbocycles. The molecule has 45 heavy (non-hydrogen) atoms. The molecule has 3 aliphatic rings. The highest BCUT2D eigenvalue weighted by Gasteiger charge is 2.50. The third-order valence-electron chi connectivity index (χ3n) is 8.27. The summed E-state index contributed by atoms with van der Waals surface area (Å²) in [5.41, 5.74) is 0. The number of hydrogen-bond donors (Lipinski definition) is 9. The van der Waals surface area contributed by atoms with Crippen molar-refractivity contribution in [1.29, 1.82) is 0 Å². The highest BCUT2D eigenvalue weighted by molar-refractivity contribution is 5.68. The number of hydrogen-bond acceptors (Lipinski definition) is 17. The highest BCUT2D eigenvalue weighted by Crippen LogP contribution is 2.32. The summed E-state index contributed by atoms with van der Waals surface area (Å²) in [6.45, 7) is -1.78. The third-order valence-corrected chi connectivity index (χ3v) is 8.27. The molecule has 3 saturated heterocycles. The minimum Gasteiger partial charge on any atom is -0.469 e. The minimum absolute atomic E-state index is 0.221. The van der Waals surface area contributed by atoms with Crippen LogP contribution in [0, 0.1) is 0 Å². The number of aliphatic hydroxyl groups excluding tert-OH is 9. The van der Waals surface area contributed by atoms with Gasteiger partial charge >= 0.3 is 5.97 Å². The van der Waals surface area contributed by atoms with Crippen LogP contribution in [0.15, 0.2) is 0 Å². The molecule has 3 heterocycles. The molecule has 0 saturated carbocycles. The van der Waals surface area contributed by atoms with Crippen LogP contribution in [0.25, 0.3) is 0 Å². The monoisotopic (exact) mass is 658 g/mol. The lowest BCUT2D eigenvalue weighted by molar-refractivity contribution is -0.360. The van der Waals surface area contributed by atoms with E-state index in [4.69, 9.17) is 28.4 Å². The lowest BCUT2D eigenvalue weighted by Gasteiger charge is -2.46. The van der Waals surface area contributed by atoms with Crippen LogP contribution in [0.3, 0.4) is 0 Å². The van der Waals surface area contributed by atoms with Crippen molar-refractivity contribution in [1.82, 2.24) is 0 Å². The Morgan fingerprint density at radius 3 is 1.87 bits per heavy atom. The molecule has 0 bridgehead atoms. The topological polar surface area (TPSA) is 264 Å². The molecule has 3 fully saturated rings. The van der Waals surface area contributed by atoms with Gasteiger partial charge in [-0.15, -0.1) is 0 Å². The van der Waals surface area contributed by atoms with E-state index in [0.717, 1.165) is 32.1 Å². The summed E-state index contributed by atoms with van der Waals surface area (Å²) < 4.78 is 38.4. The van der Waals surface area contributed by atoms with Crippen molar-refractivity contribution in [3.8, 4) is 0 Å². The number of esters is 1. The van der Waals surface area contributed by atoms with Crippen molar-refractivity contribution in [2.45, 2.75) is 137 Å². The van der Waals surface area contributed by atoms with E-state index in [0.29, 0.717) is 12.8 Å². The number of methoxy groups -OCH3 is 1. The average Bonchev–Trinajstić information content (AvgIpc) is 3.04. The van der Waals surface area contributed by atoms with Gasteiger partial charge in [0, 0.05) is 19.4 Å². The van der Waals surface area contributed by atoms with Gasteiger partial charge in [0.15, 0.2) is 18.9 Å². The summed E-state index contributed by atoms with van der Waals surface area (Å²) in [5.74, 6) is -0.227. The molecule has 3 rings (SSSR count). The van der Waals surface area contributed by atoms with Gasteiger partial charge in [-0.25, -0.2) is 0 Å². The van der Waals surface area contributed by atoms with Crippen molar-refractivity contribution in [2.75, 3.05) is 33.5 Å². The molecule has 0 radical (unpaired) electrons. The molecule has 0 aromatic heterocycles. The van der Waals surface area contributed by atoms with E-state index < -0.39 is 106 Å². The maximum Gasteiger partial charge on any atom is 0.305 e. The molecule has 0 amide bonds. The summed E-state index contributed by atoms with van der Waals surface area (Å²) in [6, 6.07) is 0. The van der Waals surface area contributed by atoms with Crippen LogP contribution in [0.1, 0.15) is 51.4 Å². The molecule has 9 N–H and O–H groups in total. The van der Waals surface area contributed by atoms with Crippen LogP contribution >= 0.6 is 0 Å². The van der Waals surface area contributed by atoms with Crippen LogP contribution in [-0.4, -0.2) is 171 Å². The van der Waals surface area contributed by atoms with E-state index in [1.165, 1.54) is 7.11 Å². The SMILES string of the molecule is COC(=O)CCCCCCCCO[C@@H]1O[C@H](CO)[C@@H](O[C@H]2C[C@@H](O[C@H]3O[C@H](CO)[C@H](O)[C@H](O)[C@H]3O)[C@@H](O)[C@@H](CO)O2)[C@H](O)[C@H]1O. The zero-order chi connectivity index (χ0) is 33.1. The first-order chi connectivity index (χ1) is 21.6. The first kappa shape index (κ1) is 38.3. The Bertz CT molecular complexity index is 848. The maximum atomic E-state index is 11.1. The molecular formula is C28H50O17. The molecular weight excluding hydrogens is 608 g/mol. The van der Waals surface area contributed by atoms with Gasteiger partial charge in [0.25, 0.3) is 0 Å². The molecule has 3 aliphatic heterocycles. The maximum absolute atomic E-state index is 11.1. The number of ether oxygens (including phenoxy) is 7. The molecule has 264 valence electrons. The van der Waals surface area contributed by atoms with Gasteiger partial charge in [0.2, 0.25) is 0 Å². The standard InChI is InChI=1S/C28H50O17/c1-39-18(32)8-6-4-2-3-5-7-9-40-27-25(38)23(36)26(17(13-31)44-27)45-19-10-14(20(33)15(11-29)41-19)42-28-24(37)22(35)21(34)16(12-30)43-28/h14-17,19-31,33-38H,2-13H2,1H3/t14-,15-,16-,17-,19+,20-,21+,22+,23-,24-,25-,26-,27-,28+/m1/s1. The number of carbonyl (C=O) groups excluding carboxylic acids is 1. The van der Waals surface area contributed by atoms with Crippen molar-refractivity contribution in [2.24, 2.45) is 0 Å². The van der Waals surface area contributed by atoms with Crippen molar-refractivity contribution in [3.63, 3.8) is 0 Å². The van der Waals surface area contributed by atoms with Crippen molar-refractivity contribution >= 4 is 5.97 Å². The van der Waals surface area contributed by atoms with Gasteiger partial charge in [0.1, 0.15) is 61.0 Å². The summed E-state index contributed by atoms with van der Waals surface area (Å²) in [4.78, 5) is 11.1. The molecule has 17 nitrogen and oxygen atoms in total. The Balaban J connectivity index is 1.51. The van der Waals surface area contributed by atoms with E-state index in [1.54, 1.807) is 0 Å². The Morgan fingerprint density at radius 2 is 1.22 bits per heavy atom. The van der Waals surface area contributed by atoms with Crippen molar-refractivity contribution < 1.29 is 83.9 Å². The van der Waals surface area contributed by atoms with Crippen LogP contribution < -0.4 is 0 Å². The summed E-state index contributed by atoms with van der Waals surface area (Å²) >= 11 is 0. The Hall–Kier alpha value is -1.13. The molecule has 0 spiro atoms. The van der Waals surface area contributed by atoms with Crippen LogP contribution in [0.4, 0.5) is 0 Å². The summed E-state index contributed by atoms with van der Waals surface area (Å²) in [6.07, 6.45) is -14.9. The second kappa shape index (κ2) is 19.0. The highest BCUT2D eigenvalue weighted by atomic mass is 16.7. The number of aliphatic hydroxyl groups is 9. The molecule has 0 unspecified atom stereocenters. The zero-order valence-corrected chi connectivity index (χ0v) is 25.4. The fourth-order valence-corrected chi connectivity index (χ4v) is 5.54. The zero-order valence-electron chi connectivity index (χ0n) is 25.4. The summed E-state index contributed by atoms with van der Waals surface area (Å²) in [7, 11) is 1.36. The average molecular weight is 659 g/mol. The summed E-state index contributed by atoms with van der Waals surface area (Å²) in [5, 5.41) is 91.9. The number of unbranched alkanes of at least 4 members (excludes halogenated alkanes) is 5. The fraction of sp³-hybridized carbons (Fsp3) is 0.964. The molecule has 0 aliphatic carbocycles. The van der Waals surface area contributed by atoms with Gasteiger partial charge in [-0.05, 0) is 12.8 Å². The predicted molar refractivity (Wildman–Crippen MR) is 148 cm³/mol. The van der Waals surface area contributed by atoms with Gasteiger partial charge in [-0.1, -0.05) is 25.7 Å². The van der Waals surface area contributed by atoms with Gasteiger partial charge in [0.05, 0.1) is 33.0 Å². The number of rotatable bonds is 17. The lowest BCUT2D eigenvalue weighted by atomic mass is 9.97. The van der Waals surface area contributed by atoms with Gasteiger partial charge in [-0.2, -0.15) is 0 Å². The largest absolute Gasteiger partial charge is 0.469 e. The van der Waals surface area contributed by atoms with Crippen LogP contribution in [-0.2, 0) is 38.0 Å². The van der Waals surface area contributed by atoms with Crippen molar-refractivity contribution in [3.05, 3.63) is 0 Å². The second-order valence-electron chi connectivity index (χ2n) is 11.5. The predicted octanol–water partition coefficient (Wildman–Crippen LogP) is -3.62. The normalized spacial score (nSPS) is 40.8. The fourth-order valence-electron chi connectivity index (χ4n) is 5.54. The number of carbonyl (C=O) groups is 1. The van der Waals surface area contributed by atoms with E-state index in [1.807, 2.05) is 0 Å². The van der Waals surface area contributed by atoms with Gasteiger partial charge < -0.3 is 79.1 Å². The van der Waals surface area contributed by atoms with Crippen LogP contribution in [0.2, 0.25) is 0 Å². The van der Waals surface area contributed by atoms with Crippen LogP contribution in [0.5, 0.6) is 0 Å². The Morgan fingerprint density at radius 1 is 0.644 bits per heavy atom. The lowest BCUT2D eigenvalue weighted by Crippen LogP contribution is -2.63. The first-order valence-electron chi connectivity index (χ1n) is 15.4. The second-order valence-corrected chi connectivity index (χ2v) is 11.5. The van der Waals surface area contributed by atoms with E-state index >= 15 is 0 Å². The smallest absolute Gasteiger partial charge is 0.305 e. The third kappa shape index (κ3) is 10.4. The van der Waals surface area contributed by atoms with E-state index in [2.05, 4.69) is 4.74 Å². The molecule has 0 aromatic rings. The van der Waals surface area contributed by atoms with E-state index in [-0.39, 0.29) is 19.0 Å². The quantitative estimate of drug-likeness (QED) is 0.0539.